The Hall–Kier alpha value is -3.70. The van der Waals surface area contributed by atoms with Crippen molar-refractivity contribution in [2.75, 3.05) is 0 Å². The van der Waals surface area contributed by atoms with Gasteiger partial charge in [-0.3, -0.25) is 0 Å². The van der Waals surface area contributed by atoms with Gasteiger partial charge in [-0.2, -0.15) is 0 Å². The van der Waals surface area contributed by atoms with Crippen LogP contribution in [0.5, 0.6) is 23.0 Å². The fraction of sp³-hybridized carbons (Fsp3) is 0.533. The summed E-state index contributed by atoms with van der Waals surface area (Å²) in [5.41, 5.74) is 1.49. The van der Waals surface area contributed by atoms with Gasteiger partial charge in [-0.15, -0.1) is 0 Å². The van der Waals surface area contributed by atoms with Crippen molar-refractivity contribution in [1.29, 1.82) is 0 Å². The van der Waals surface area contributed by atoms with Crippen molar-refractivity contribution in [2.24, 2.45) is 11.8 Å². The van der Waals surface area contributed by atoms with Gasteiger partial charge in [-0.25, -0.2) is 9.59 Å². The second kappa shape index (κ2) is 14.2. The van der Waals surface area contributed by atoms with Crippen LogP contribution in [0.1, 0.15) is 31.4 Å². The Bertz CT molecular complexity index is 1350. The lowest BCUT2D eigenvalue weighted by Crippen LogP contribution is -2.61. The van der Waals surface area contributed by atoms with Crippen molar-refractivity contribution in [3.8, 4) is 23.0 Å². The molecular formula is C30H38O15. The average molecular weight is 639 g/mol. The summed E-state index contributed by atoms with van der Waals surface area (Å²) in [5.74, 6) is -3.55. The van der Waals surface area contributed by atoms with E-state index in [9.17, 15) is 55.5 Å². The van der Waals surface area contributed by atoms with Crippen LogP contribution in [-0.4, -0.2) is 113 Å². The van der Waals surface area contributed by atoms with Gasteiger partial charge in [-0.05, 0) is 60.1 Å². The number of aromatic hydroxyl groups is 2. The Morgan fingerprint density at radius 3 is 1.91 bits per heavy atom. The minimum absolute atomic E-state index is 0.0563. The first-order valence-electron chi connectivity index (χ1n) is 14.3. The summed E-state index contributed by atoms with van der Waals surface area (Å²) in [6.45, 7) is 3.99. The highest BCUT2D eigenvalue weighted by molar-refractivity contribution is 5.73. The molecule has 2 heterocycles. The molecule has 2 saturated heterocycles. The van der Waals surface area contributed by atoms with Crippen LogP contribution in [0.15, 0.2) is 36.4 Å². The summed E-state index contributed by atoms with van der Waals surface area (Å²) in [7, 11) is 0. The van der Waals surface area contributed by atoms with Crippen LogP contribution in [0.4, 0.5) is 0 Å². The maximum absolute atomic E-state index is 11.3. The molecule has 2 fully saturated rings. The molecule has 4 rings (SSSR count). The van der Waals surface area contributed by atoms with Crippen molar-refractivity contribution < 1.29 is 74.5 Å². The van der Waals surface area contributed by atoms with E-state index < -0.39 is 67.2 Å². The molecular weight excluding hydrogens is 600 g/mol. The number of hydrogen-bond donors (Lipinski definition) is 9. The first-order chi connectivity index (χ1) is 21.2. The molecule has 0 aliphatic carbocycles. The number of rotatable bonds is 11. The normalized spacial score (nSPS) is 31.5. The predicted octanol–water partition coefficient (Wildman–Crippen LogP) is -0.274. The molecule has 0 spiro atoms. The quantitative estimate of drug-likeness (QED) is 0.154. The highest BCUT2D eigenvalue weighted by atomic mass is 16.7. The molecule has 15 heteroatoms. The molecule has 2 aliphatic heterocycles. The van der Waals surface area contributed by atoms with E-state index >= 15 is 0 Å². The number of carbonyl (C=O) groups is 2. The average Bonchev–Trinajstić information content (AvgIpc) is 2.98. The van der Waals surface area contributed by atoms with Crippen molar-refractivity contribution in [3.05, 3.63) is 47.5 Å². The fourth-order valence-electron chi connectivity index (χ4n) is 5.21. The number of ether oxygens (including phenoxy) is 4. The lowest BCUT2D eigenvalue weighted by Gasteiger charge is -2.38. The van der Waals surface area contributed by atoms with E-state index in [1.165, 1.54) is 24.3 Å². The largest absolute Gasteiger partial charge is 0.504 e. The van der Waals surface area contributed by atoms with Crippen LogP contribution in [0, 0.1) is 11.8 Å². The molecule has 0 aromatic heterocycles. The second-order valence-electron chi connectivity index (χ2n) is 11.6. The summed E-state index contributed by atoms with van der Waals surface area (Å²) in [4.78, 5) is 22.7. The Morgan fingerprint density at radius 1 is 0.733 bits per heavy atom. The van der Waals surface area contributed by atoms with Crippen molar-refractivity contribution >= 4 is 11.9 Å². The van der Waals surface area contributed by atoms with Gasteiger partial charge in [0.1, 0.15) is 24.4 Å². The Morgan fingerprint density at radius 2 is 1.31 bits per heavy atom. The van der Waals surface area contributed by atoms with E-state index in [2.05, 4.69) is 0 Å². The second-order valence-corrected chi connectivity index (χ2v) is 11.6. The van der Waals surface area contributed by atoms with E-state index in [0.29, 0.717) is 12.8 Å². The number of carboxylic acids is 2. The van der Waals surface area contributed by atoms with Crippen molar-refractivity contribution in [3.63, 3.8) is 0 Å². The maximum atomic E-state index is 11.3. The van der Waals surface area contributed by atoms with Crippen LogP contribution in [0.2, 0.25) is 0 Å². The number of carboxylic acid groups (broad SMARTS) is 2. The third-order valence-electron chi connectivity index (χ3n) is 8.14. The van der Waals surface area contributed by atoms with E-state index in [4.69, 9.17) is 18.9 Å². The van der Waals surface area contributed by atoms with Crippen LogP contribution in [0.3, 0.4) is 0 Å². The summed E-state index contributed by atoms with van der Waals surface area (Å²) in [6.07, 6.45) is -14.1. The van der Waals surface area contributed by atoms with Crippen LogP contribution in [-0.2, 0) is 31.9 Å². The fourth-order valence-corrected chi connectivity index (χ4v) is 5.21. The van der Waals surface area contributed by atoms with Gasteiger partial charge >= 0.3 is 11.9 Å². The highest BCUT2D eigenvalue weighted by Gasteiger charge is 2.48. The molecule has 0 unspecified atom stereocenters. The van der Waals surface area contributed by atoms with Gasteiger partial charge in [-0.1, -0.05) is 26.0 Å². The third kappa shape index (κ3) is 7.94. The number of phenolic OH excluding ortho intramolecular Hbond substituents is 2. The van der Waals surface area contributed by atoms with Gasteiger partial charge in [0.05, 0.1) is 6.10 Å². The van der Waals surface area contributed by atoms with E-state index in [1.807, 2.05) is 13.8 Å². The Balaban J connectivity index is 1.37. The Labute approximate surface area is 257 Å². The SMILES string of the molecule is C[C@H](Cc1ccc(O)c(O[C@@H]2O[C@H](C(=O)O)C[C@H](O)[C@H]2O)c1)[C@@H](C)Cc1ccc(O[C@@H]2O[C@H](C(=O)O)[C@@H](O)[C@H](O)[C@H]2O)c(O)c1. The van der Waals surface area contributed by atoms with Gasteiger partial charge in [0.15, 0.2) is 35.2 Å². The molecule has 0 amide bonds. The van der Waals surface area contributed by atoms with Gasteiger partial charge in [0, 0.05) is 6.42 Å². The predicted molar refractivity (Wildman–Crippen MR) is 150 cm³/mol. The molecule has 15 nitrogen and oxygen atoms in total. The van der Waals surface area contributed by atoms with Crippen molar-refractivity contribution in [1.82, 2.24) is 0 Å². The van der Waals surface area contributed by atoms with Crippen LogP contribution >= 0.6 is 0 Å². The molecule has 11 atom stereocenters. The molecule has 0 bridgehead atoms. The number of phenols is 2. The van der Waals surface area contributed by atoms with Gasteiger partial charge < -0.3 is 64.9 Å². The molecule has 2 aliphatic rings. The maximum Gasteiger partial charge on any atom is 0.335 e. The first-order valence-corrected chi connectivity index (χ1v) is 14.3. The number of aliphatic carboxylic acids is 2. The summed E-state index contributed by atoms with van der Waals surface area (Å²) >= 11 is 0. The lowest BCUT2D eigenvalue weighted by atomic mass is 9.85. The third-order valence-corrected chi connectivity index (χ3v) is 8.14. The van der Waals surface area contributed by atoms with E-state index in [0.717, 1.165) is 11.1 Å². The highest BCUT2D eigenvalue weighted by Crippen LogP contribution is 2.35. The molecule has 9 N–H and O–H groups in total. The zero-order valence-electron chi connectivity index (χ0n) is 24.4. The summed E-state index contributed by atoms with van der Waals surface area (Å²) in [5, 5.41) is 89.6. The molecule has 0 radical (unpaired) electrons. The zero-order chi connectivity index (χ0) is 33.2. The minimum Gasteiger partial charge on any atom is -0.504 e. The molecule has 2 aromatic rings. The lowest BCUT2D eigenvalue weighted by molar-refractivity contribution is -0.271. The number of aliphatic hydroxyl groups excluding tert-OH is 5. The number of benzene rings is 2. The molecule has 2 aromatic carbocycles. The van der Waals surface area contributed by atoms with Crippen LogP contribution < -0.4 is 9.47 Å². The van der Waals surface area contributed by atoms with Gasteiger partial charge in [0.25, 0.3) is 0 Å². The standard InChI is InChI=1S/C30H38O15/c1-12(7-14-4-6-19(17(32)9-14)42-30-25(37)23(35)24(36)26(45-30)28(40)41)13(2)8-15-3-5-16(31)20(10-15)43-29-22(34)18(33)11-21(44-29)27(38)39/h3-6,9-10,12-13,18,21-26,29-37H,7-8,11H2,1-2H3,(H,38,39)(H,40,41)/t12-,13+,18-,21-,22+,23-,24-,25+,26-,29+,30+/m0/s1. The zero-order valence-corrected chi connectivity index (χ0v) is 24.4. The minimum atomic E-state index is -1.88. The van der Waals surface area contributed by atoms with Crippen LogP contribution in [0.25, 0.3) is 0 Å². The van der Waals surface area contributed by atoms with E-state index in [1.54, 1.807) is 12.1 Å². The first kappa shape index (κ1) is 34.2. The Kier molecular flexibility index (Phi) is 10.8. The molecule has 248 valence electrons. The number of hydrogen-bond acceptors (Lipinski definition) is 13. The smallest absolute Gasteiger partial charge is 0.335 e. The topological polar surface area (TPSA) is 253 Å². The van der Waals surface area contributed by atoms with Crippen molar-refractivity contribution in [2.45, 2.75) is 88.4 Å². The summed E-state index contributed by atoms with van der Waals surface area (Å²) in [6, 6.07) is 9.12. The number of aliphatic hydroxyl groups is 5. The molecule has 45 heavy (non-hydrogen) atoms. The van der Waals surface area contributed by atoms with Gasteiger partial charge in [0.2, 0.25) is 12.6 Å². The molecule has 0 saturated carbocycles. The monoisotopic (exact) mass is 638 g/mol. The van der Waals surface area contributed by atoms with E-state index in [-0.39, 0.29) is 41.3 Å². The summed E-state index contributed by atoms with van der Waals surface area (Å²) < 4.78 is 21.4.